The highest BCUT2D eigenvalue weighted by Crippen LogP contribution is 2.24. The van der Waals surface area contributed by atoms with Gasteiger partial charge in [-0.2, -0.15) is 5.10 Å². The van der Waals surface area contributed by atoms with Crippen molar-refractivity contribution in [2.45, 2.75) is 13.0 Å². The van der Waals surface area contributed by atoms with Gasteiger partial charge in [-0.15, -0.1) is 0 Å². The van der Waals surface area contributed by atoms with E-state index >= 15 is 0 Å². The first-order valence-electron chi connectivity index (χ1n) is 5.14. The fourth-order valence-electron chi connectivity index (χ4n) is 1.63. The van der Waals surface area contributed by atoms with Crippen LogP contribution in [0.5, 0.6) is 0 Å². The van der Waals surface area contributed by atoms with Gasteiger partial charge in [0.2, 0.25) is 0 Å². The Morgan fingerprint density at radius 2 is 2.06 bits per heavy atom. The van der Waals surface area contributed by atoms with Crippen LogP contribution in [0.1, 0.15) is 18.7 Å². The van der Waals surface area contributed by atoms with Crippen LogP contribution in [-0.2, 0) is 7.05 Å². The predicted molar refractivity (Wildman–Crippen MR) is 61.2 cm³/mol. The Morgan fingerprint density at radius 3 is 2.62 bits per heavy atom. The van der Waals surface area contributed by atoms with Crippen LogP contribution in [-0.4, -0.2) is 9.78 Å². The van der Waals surface area contributed by atoms with Crippen LogP contribution in [0, 0.1) is 5.82 Å². The van der Waals surface area contributed by atoms with Crippen molar-refractivity contribution in [3.63, 3.8) is 0 Å². The average Bonchev–Trinajstić information content (AvgIpc) is 2.61. The van der Waals surface area contributed by atoms with Crippen LogP contribution in [0.25, 0.3) is 11.3 Å². The Balaban J connectivity index is 2.52. The Labute approximate surface area is 93.7 Å². The second-order valence-corrected chi connectivity index (χ2v) is 3.85. The molecule has 84 valence electrons. The predicted octanol–water partition coefficient (Wildman–Crippen LogP) is 2.25. The molecule has 16 heavy (non-hydrogen) atoms. The lowest BCUT2D eigenvalue weighted by atomic mass is 10.1. The fourth-order valence-corrected chi connectivity index (χ4v) is 1.63. The summed E-state index contributed by atoms with van der Waals surface area (Å²) in [6, 6.07) is 8.32. The maximum atomic E-state index is 13.6. The van der Waals surface area contributed by atoms with Crippen LogP contribution in [0.4, 0.5) is 4.39 Å². The molecular weight excluding hydrogens is 205 g/mol. The Kier molecular flexibility index (Phi) is 2.75. The quantitative estimate of drug-likeness (QED) is 0.841. The number of rotatable bonds is 2. The number of nitrogens with zero attached hydrogens (tertiary/aromatic N) is 2. The zero-order chi connectivity index (χ0) is 11.7. The third-order valence-electron chi connectivity index (χ3n) is 2.52. The third-order valence-corrected chi connectivity index (χ3v) is 2.52. The molecule has 3 nitrogen and oxygen atoms in total. The summed E-state index contributed by atoms with van der Waals surface area (Å²) in [5.41, 5.74) is 7.79. The molecule has 0 radical (unpaired) electrons. The molecule has 0 fully saturated rings. The molecule has 2 rings (SSSR count). The third kappa shape index (κ3) is 1.84. The first-order chi connectivity index (χ1) is 7.59. The van der Waals surface area contributed by atoms with Crippen molar-refractivity contribution in [3.05, 3.63) is 41.8 Å². The highest BCUT2D eigenvalue weighted by molar-refractivity contribution is 5.60. The summed E-state index contributed by atoms with van der Waals surface area (Å²) in [4.78, 5) is 0. The minimum Gasteiger partial charge on any atom is -0.323 e. The molecule has 0 bridgehead atoms. The summed E-state index contributed by atoms with van der Waals surface area (Å²) >= 11 is 0. The van der Waals surface area contributed by atoms with Crippen molar-refractivity contribution >= 4 is 0 Å². The largest absolute Gasteiger partial charge is 0.323 e. The molecule has 0 saturated carbocycles. The number of nitrogens with two attached hydrogens (primary N) is 1. The standard InChI is InChI=1S/C12H14FN3/c1-8(14)11-7-12(16(2)15-11)9-5-3-4-6-10(9)13/h3-8H,14H2,1-2H3. The molecular formula is C12H14FN3. The Hall–Kier alpha value is -1.68. The van der Waals surface area contributed by atoms with Gasteiger partial charge >= 0.3 is 0 Å². The zero-order valence-electron chi connectivity index (χ0n) is 9.31. The number of hydrogen-bond donors (Lipinski definition) is 1. The van der Waals surface area contributed by atoms with E-state index in [4.69, 9.17) is 5.73 Å². The lowest BCUT2D eigenvalue weighted by molar-refractivity contribution is 0.627. The molecule has 1 unspecified atom stereocenters. The molecule has 0 spiro atoms. The summed E-state index contributed by atoms with van der Waals surface area (Å²) in [6.45, 7) is 1.85. The van der Waals surface area contributed by atoms with Gasteiger partial charge in [-0.05, 0) is 25.1 Å². The summed E-state index contributed by atoms with van der Waals surface area (Å²) in [5.74, 6) is -0.248. The minimum absolute atomic E-state index is 0.147. The molecule has 1 aromatic heterocycles. The van der Waals surface area contributed by atoms with Crippen molar-refractivity contribution in [3.8, 4) is 11.3 Å². The number of halogens is 1. The molecule has 0 saturated heterocycles. The molecule has 4 heteroatoms. The summed E-state index contributed by atoms with van der Waals surface area (Å²) in [7, 11) is 1.79. The minimum atomic E-state index is -0.248. The van der Waals surface area contributed by atoms with E-state index in [0.29, 0.717) is 5.56 Å². The van der Waals surface area contributed by atoms with Crippen molar-refractivity contribution in [2.24, 2.45) is 12.8 Å². The number of aromatic nitrogens is 2. The normalized spacial score (nSPS) is 12.8. The van der Waals surface area contributed by atoms with Gasteiger partial charge in [-0.3, -0.25) is 4.68 Å². The molecule has 1 aromatic carbocycles. The van der Waals surface area contributed by atoms with Gasteiger partial charge in [0, 0.05) is 18.7 Å². The first kappa shape index (κ1) is 10.8. The highest BCUT2D eigenvalue weighted by atomic mass is 19.1. The number of hydrogen-bond acceptors (Lipinski definition) is 2. The number of benzene rings is 1. The van der Waals surface area contributed by atoms with E-state index in [9.17, 15) is 4.39 Å². The van der Waals surface area contributed by atoms with Crippen LogP contribution < -0.4 is 5.73 Å². The van der Waals surface area contributed by atoms with Crippen LogP contribution in [0.2, 0.25) is 0 Å². The van der Waals surface area contributed by atoms with E-state index in [0.717, 1.165) is 11.4 Å². The zero-order valence-corrected chi connectivity index (χ0v) is 9.31. The number of aryl methyl sites for hydroxylation is 1. The first-order valence-corrected chi connectivity index (χ1v) is 5.14. The van der Waals surface area contributed by atoms with Gasteiger partial charge < -0.3 is 5.73 Å². The van der Waals surface area contributed by atoms with Gasteiger partial charge in [0.1, 0.15) is 5.82 Å². The molecule has 1 atom stereocenters. The van der Waals surface area contributed by atoms with Gasteiger partial charge in [-0.25, -0.2) is 4.39 Å². The lowest BCUT2D eigenvalue weighted by Crippen LogP contribution is -2.06. The fraction of sp³-hybridized carbons (Fsp3) is 0.250. The Bertz CT molecular complexity index is 503. The Morgan fingerprint density at radius 1 is 1.38 bits per heavy atom. The second-order valence-electron chi connectivity index (χ2n) is 3.85. The average molecular weight is 219 g/mol. The van der Waals surface area contributed by atoms with Gasteiger partial charge in [-0.1, -0.05) is 12.1 Å². The molecule has 1 heterocycles. The lowest BCUT2D eigenvalue weighted by Gasteiger charge is -2.02. The summed E-state index contributed by atoms with van der Waals surface area (Å²) in [6.07, 6.45) is 0. The van der Waals surface area contributed by atoms with Crippen LogP contribution in [0.3, 0.4) is 0 Å². The van der Waals surface area contributed by atoms with Crippen LogP contribution >= 0.6 is 0 Å². The van der Waals surface area contributed by atoms with E-state index in [-0.39, 0.29) is 11.9 Å². The molecule has 0 aliphatic carbocycles. The van der Waals surface area contributed by atoms with E-state index in [2.05, 4.69) is 5.10 Å². The van der Waals surface area contributed by atoms with Crippen molar-refractivity contribution in [1.82, 2.24) is 9.78 Å². The van der Waals surface area contributed by atoms with Gasteiger partial charge in [0.15, 0.2) is 0 Å². The topological polar surface area (TPSA) is 43.8 Å². The summed E-state index contributed by atoms with van der Waals surface area (Å²) < 4.78 is 15.2. The van der Waals surface area contributed by atoms with E-state index < -0.39 is 0 Å². The maximum absolute atomic E-state index is 13.6. The summed E-state index contributed by atoms with van der Waals surface area (Å²) in [5, 5.41) is 4.25. The monoisotopic (exact) mass is 219 g/mol. The molecule has 0 aliphatic rings. The van der Waals surface area contributed by atoms with Gasteiger partial charge in [0.25, 0.3) is 0 Å². The van der Waals surface area contributed by atoms with Gasteiger partial charge in [0.05, 0.1) is 11.4 Å². The molecule has 2 N–H and O–H groups in total. The molecule has 2 aromatic rings. The van der Waals surface area contributed by atoms with E-state index in [1.54, 1.807) is 29.9 Å². The molecule has 0 aliphatic heterocycles. The van der Waals surface area contributed by atoms with Crippen molar-refractivity contribution in [1.29, 1.82) is 0 Å². The SMILES string of the molecule is CC(N)c1cc(-c2ccccc2F)n(C)n1. The second kappa shape index (κ2) is 4.06. The van der Waals surface area contributed by atoms with Crippen molar-refractivity contribution < 1.29 is 4.39 Å². The van der Waals surface area contributed by atoms with E-state index in [1.807, 2.05) is 13.0 Å². The maximum Gasteiger partial charge on any atom is 0.132 e. The van der Waals surface area contributed by atoms with Crippen LogP contribution in [0.15, 0.2) is 30.3 Å². The molecule has 0 amide bonds. The highest BCUT2D eigenvalue weighted by Gasteiger charge is 2.12. The van der Waals surface area contributed by atoms with Crippen molar-refractivity contribution in [2.75, 3.05) is 0 Å². The van der Waals surface area contributed by atoms with E-state index in [1.165, 1.54) is 6.07 Å². The smallest absolute Gasteiger partial charge is 0.132 e.